The van der Waals surface area contributed by atoms with E-state index in [0.29, 0.717) is 29.2 Å². The third-order valence-corrected chi connectivity index (χ3v) is 4.95. The maximum Gasteiger partial charge on any atom is 0.216 e. The van der Waals surface area contributed by atoms with Gasteiger partial charge in [-0.05, 0) is 24.3 Å². The van der Waals surface area contributed by atoms with Crippen LogP contribution in [0.5, 0.6) is 0 Å². The van der Waals surface area contributed by atoms with Gasteiger partial charge in [0.25, 0.3) is 0 Å². The van der Waals surface area contributed by atoms with Crippen molar-refractivity contribution in [3.05, 3.63) is 70.6 Å². The highest BCUT2D eigenvalue weighted by Crippen LogP contribution is 2.31. The Morgan fingerprint density at radius 3 is 2.85 bits per heavy atom. The lowest BCUT2D eigenvalue weighted by atomic mass is 10.1. The number of benzene rings is 1. The summed E-state index contributed by atoms with van der Waals surface area (Å²) in [6, 6.07) is 14.5. The van der Waals surface area contributed by atoms with E-state index in [9.17, 15) is 4.39 Å². The lowest BCUT2D eigenvalue weighted by Gasteiger charge is -2.02. The Bertz CT molecular complexity index is 1160. The van der Waals surface area contributed by atoms with E-state index >= 15 is 0 Å². The van der Waals surface area contributed by atoms with Gasteiger partial charge < -0.3 is 5.73 Å². The monoisotopic (exact) mass is 361 g/mol. The van der Waals surface area contributed by atoms with Crippen molar-refractivity contribution in [3.8, 4) is 17.5 Å². The summed E-state index contributed by atoms with van der Waals surface area (Å²) in [5.41, 5.74) is 7.89. The highest BCUT2D eigenvalue weighted by atomic mass is 32.1. The molecule has 0 radical (unpaired) electrons. The van der Waals surface area contributed by atoms with Gasteiger partial charge in [-0.25, -0.2) is 15.0 Å². The van der Waals surface area contributed by atoms with Crippen LogP contribution in [-0.4, -0.2) is 15.0 Å². The Hall–Kier alpha value is -3.37. The highest BCUT2D eigenvalue weighted by molar-refractivity contribution is 7.18. The van der Waals surface area contributed by atoms with Crippen LogP contribution in [-0.2, 0) is 6.42 Å². The fourth-order valence-electron chi connectivity index (χ4n) is 2.68. The van der Waals surface area contributed by atoms with Gasteiger partial charge >= 0.3 is 0 Å². The molecule has 26 heavy (non-hydrogen) atoms. The van der Waals surface area contributed by atoms with Gasteiger partial charge in [0.2, 0.25) is 5.95 Å². The Morgan fingerprint density at radius 2 is 2.04 bits per heavy atom. The molecule has 0 amide bonds. The number of pyridine rings is 1. The molecule has 3 aromatic heterocycles. The van der Waals surface area contributed by atoms with Gasteiger partial charge in [0.15, 0.2) is 5.82 Å². The molecule has 4 aromatic rings. The summed E-state index contributed by atoms with van der Waals surface area (Å²) in [6.45, 7) is 0. The van der Waals surface area contributed by atoms with Crippen LogP contribution >= 0.6 is 11.3 Å². The van der Waals surface area contributed by atoms with E-state index in [-0.39, 0.29) is 0 Å². The minimum Gasteiger partial charge on any atom is -0.383 e. The quantitative estimate of drug-likeness (QED) is 0.558. The predicted octanol–water partition coefficient (Wildman–Crippen LogP) is 3.94. The molecule has 5 nitrogen and oxygen atoms in total. The van der Waals surface area contributed by atoms with Gasteiger partial charge in [-0.2, -0.15) is 9.65 Å². The molecule has 0 bridgehead atoms. The minimum absolute atomic E-state index is 0.363. The number of hydrogen-bond acceptors (Lipinski definition) is 6. The number of nitrogen functional groups attached to an aromatic ring is 1. The average Bonchev–Trinajstić information content (AvgIpc) is 3.07. The normalized spacial score (nSPS) is 10.8. The molecule has 4 rings (SSSR count). The number of anilines is 1. The second kappa shape index (κ2) is 6.50. The molecule has 0 saturated carbocycles. The van der Waals surface area contributed by atoms with Crippen molar-refractivity contribution in [2.45, 2.75) is 6.42 Å². The summed E-state index contributed by atoms with van der Waals surface area (Å²) >= 11 is 1.44. The molecule has 0 spiro atoms. The molecule has 0 saturated heterocycles. The van der Waals surface area contributed by atoms with Crippen molar-refractivity contribution in [2.75, 3.05) is 5.73 Å². The van der Waals surface area contributed by atoms with E-state index in [0.717, 1.165) is 20.7 Å². The molecular formula is C19H12FN5S. The standard InChI is InChI=1S/C19H12FN5S/c20-16-12(5-2-6-23-16)8-14-9-15-17(22)24-18(25-19(15)26-14)13-4-1-3-11(7-13)10-21/h1-7,9H,8H2,(H2,22,24,25). The summed E-state index contributed by atoms with van der Waals surface area (Å²) in [4.78, 5) is 14.3. The fraction of sp³-hybridized carbons (Fsp3) is 0.0526. The van der Waals surface area contributed by atoms with E-state index in [1.807, 2.05) is 12.1 Å². The number of fused-ring (bicyclic) bond motifs is 1. The zero-order valence-electron chi connectivity index (χ0n) is 13.5. The fourth-order valence-corrected chi connectivity index (χ4v) is 3.73. The second-order valence-electron chi connectivity index (χ2n) is 5.69. The number of nitrogens with zero attached hydrogens (tertiary/aromatic N) is 4. The van der Waals surface area contributed by atoms with E-state index in [1.165, 1.54) is 17.5 Å². The van der Waals surface area contributed by atoms with Gasteiger partial charge in [-0.3, -0.25) is 0 Å². The third kappa shape index (κ3) is 2.98. The number of aromatic nitrogens is 3. The summed E-state index contributed by atoms with van der Waals surface area (Å²) in [5.74, 6) is 0.354. The second-order valence-corrected chi connectivity index (χ2v) is 6.80. The molecule has 3 heterocycles. The molecule has 0 aliphatic rings. The maximum atomic E-state index is 13.8. The summed E-state index contributed by atoms with van der Waals surface area (Å²) in [7, 11) is 0. The first-order valence-corrected chi connectivity index (χ1v) is 8.61. The first-order chi connectivity index (χ1) is 12.6. The summed E-state index contributed by atoms with van der Waals surface area (Å²) < 4.78 is 13.8. The van der Waals surface area contributed by atoms with E-state index < -0.39 is 5.95 Å². The molecule has 126 valence electrons. The number of rotatable bonds is 3. The van der Waals surface area contributed by atoms with Crippen LogP contribution in [0.3, 0.4) is 0 Å². The zero-order chi connectivity index (χ0) is 18.1. The van der Waals surface area contributed by atoms with Crippen LogP contribution in [0.1, 0.15) is 16.0 Å². The Kier molecular flexibility index (Phi) is 4.03. The molecule has 1 aromatic carbocycles. The van der Waals surface area contributed by atoms with Crippen LogP contribution in [0.15, 0.2) is 48.7 Å². The Labute approximate surface area is 152 Å². The van der Waals surface area contributed by atoms with Crippen molar-refractivity contribution >= 4 is 27.4 Å². The summed E-state index contributed by atoms with van der Waals surface area (Å²) in [6.07, 6.45) is 1.84. The first kappa shape index (κ1) is 16.1. The molecule has 0 fully saturated rings. The van der Waals surface area contributed by atoms with Gasteiger partial charge in [0, 0.05) is 28.6 Å². The average molecular weight is 361 g/mol. The summed E-state index contributed by atoms with van der Waals surface area (Å²) in [5, 5.41) is 9.80. The highest BCUT2D eigenvalue weighted by Gasteiger charge is 2.13. The molecular weight excluding hydrogens is 349 g/mol. The van der Waals surface area contributed by atoms with Gasteiger partial charge in [0.1, 0.15) is 10.6 Å². The van der Waals surface area contributed by atoms with Crippen LogP contribution in [0, 0.1) is 17.3 Å². The predicted molar refractivity (Wildman–Crippen MR) is 99.0 cm³/mol. The zero-order valence-corrected chi connectivity index (χ0v) is 14.3. The SMILES string of the molecule is N#Cc1cccc(-c2nc(N)c3cc(Cc4cccnc4F)sc3n2)c1. The topological polar surface area (TPSA) is 88.5 Å². The molecule has 2 N–H and O–H groups in total. The van der Waals surface area contributed by atoms with E-state index in [1.54, 1.807) is 30.3 Å². The van der Waals surface area contributed by atoms with Crippen molar-refractivity contribution < 1.29 is 4.39 Å². The van der Waals surface area contributed by atoms with E-state index in [2.05, 4.69) is 21.0 Å². The number of halogens is 1. The lowest BCUT2D eigenvalue weighted by Crippen LogP contribution is -1.96. The lowest BCUT2D eigenvalue weighted by molar-refractivity contribution is 0.570. The number of thiophene rings is 1. The van der Waals surface area contributed by atoms with Crippen molar-refractivity contribution in [3.63, 3.8) is 0 Å². The van der Waals surface area contributed by atoms with Crippen molar-refractivity contribution in [1.82, 2.24) is 15.0 Å². The Morgan fingerprint density at radius 1 is 1.15 bits per heavy atom. The van der Waals surface area contributed by atoms with Crippen molar-refractivity contribution in [1.29, 1.82) is 5.26 Å². The van der Waals surface area contributed by atoms with Crippen LogP contribution in [0.2, 0.25) is 0 Å². The van der Waals surface area contributed by atoms with Crippen LogP contribution < -0.4 is 5.73 Å². The largest absolute Gasteiger partial charge is 0.383 e. The molecule has 0 aliphatic carbocycles. The van der Waals surface area contributed by atoms with Gasteiger partial charge in [-0.15, -0.1) is 11.3 Å². The molecule has 0 unspecified atom stereocenters. The number of nitrogens with two attached hydrogens (primary N) is 1. The maximum absolute atomic E-state index is 13.8. The minimum atomic E-state index is -0.474. The smallest absolute Gasteiger partial charge is 0.216 e. The van der Waals surface area contributed by atoms with Crippen molar-refractivity contribution in [2.24, 2.45) is 0 Å². The van der Waals surface area contributed by atoms with E-state index in [4.69, 9.17) is 11.0 Å². The van der Waals surface area contributed by atoms with Crippen LogP contribution in [0.4, 0.5) is 10.2 Å². The van der Waals surface area contributed by atoms with Crippen LogP contribution in [0.25, 0.3) is 21.6 Å². The molecule has 7 heteroatoms. The first-order valence-electron chi connectivity index (χ1n) is 7.80. The molecule has 0 atom stereocenters. The third-order valence-electron chi connectivity index (χ3n) is 3.92. The van der Waals surface area contributed by atoms with Gasteiger partial charge in [-0.1, -0.05) is 18.2 Å². The number of nitriles is 1. The molecule has 0 aliphatic heterocycles. The number of hydrogen-bond donors (Lipinski definition) is 1. The van der Waals surface area contributed by atoms with Gasteiger partial charge in [0.05, 0.1) is 17.0 Å². The Balaban J connectivity index is 1.76.